The van der Waals surface area contributed by atoms with Gasteiger partial charge in [0.15, 0.2) is 5.82 Å². The van der Waals surface area contributed by atoms with Crippen molar-refractivity contribution in [1.82, 2.24) is 9.97 Å². The molecule has 0 radical (unpaired) electrons. The molecular formula is C13H10ClN3. The van der Waals surface area contributed by atoms with Gasteiger partial charge in [0.05, 0.1) is 6.54 Å². The van der Waals surface area contributed by atoms with Gasteiger partial charge < -0.3 is 5.32 Å². The van der Waals surface area contributed by atoms with Crippen molar-refractivity contribution < 1.29 is 0 Å². The molecule has 0 unspecified atom stereocenters. The lowest BCUT2D eigenvalue weighted by Crippen LogP contribution is -2.02. The molecule has 2 aromatic rings. The fourth-order valence-corrected chi connectivity index (χ4v) is 1.55. The summed E-state index contributed by atoms with van der Waals surface area (Å²) in [5, 5.41) is 3.36. The molecule has 0 aliphatic heterocycles. The fourth-order valence-electron chi connectivity index (χ4n) is 1.37. The summed E-state index contributed by atoms with van der Waals surface area (Å²) in [6.07, 6.45) is 5.17. The van der Waals surface area contributed by atoms with Crippen LogP contribution in [0.15, 0.2) is 36.4 Å². The Balaban J connectivity index is 2.36. The summed E-state index contributed by atoms with van der Waals surface area (Å²) in [5.41, 5.74) is 0.916. The lowest BCUT2D eigenvalue weighted by molar-refractivity contribution is 1.15. The van der Waals surface area contributed by atoms with Crippen molar-refractivity contribution in [2.24, 2.45) is 0 Å². The first-order valence-electron chi connectivity index (χ1n) is 5.07. The van der Waals surface area contributed by atoms with Crippen LogP contribution in [0, 0.1) is 12.3 Å². The third kappa shape index (κ3) is 2.96. The van der Waals surface area contributed by atoms with Gasteiger partial charge in [-0.1, -0.05) is 47.9 Å². The Morgan fingerprint density at radius 2 is 2.00 bits per heavy atom. The summed E-state index contributed by atoms with van der Waals surface area (Å²) >= 11 is 5.94. The quantitative estimate of drug-likeness (QED) is 0.665. The van der Waals surface area contributed by atoms with Crippen molar-refractivity contribution in [1.29, 1.82) is 0 Å². The van der Waals surface area contributed by atoms with Crippen molar-refractivity contribution >= 4 is 17.4 Å². The van der Waals surface area contributed by atoms with E-state index in [9.17, 15) is 0 Å². The number of benzene rings is 1. The SMILES string of the molecule is C#CCNc1cc(Cl)nc(-c2ccccc2)n1. The lowest BCUT2D eigenvalue weighted by atomic mass is 10.2. The molecule has 0 spiro atoms. The average Bonchev–Trinajstić information content (AvgIpc) is 2.37. The van der Waals surface area contributed by atoms with E-state index in [4.69, 9.17) is 18.0 Å². The van der Waals surface area contributed by atoms with E-state index >= 15 is 0 Å². The predicted molar refractivity (Wildman–Crippen MR) is 69.8 cm³/mol. The Bertz CT molecular complexity index is 546. The highest BCUT2D eigenvalue weighted by Crippen LogP contribution is 2.19. The first-order chi connectivity index (χ1) is 8.29. The summed E-state index contributed by atoms with van der Waals surface area (Å²) in [4.78, 5) is 8.51. The van der Waals surface area contributed by atoms with Crippen LogP contribution >= 0.6 is 11.6 Å². The molecule has 0 bridgehead atoms. The van der Waals surface area contributed by atoms with Gasteiger partial charge in [0.1, 0.15) is 11.0 Å². The van der Waals surface area contributed by atoms with Crippen LogP contribution in [-0.2, 0) is 0 Å². The second-order valence-corrected chi connectivity index (χ2v) is 3.71. The monoisotopic (exact) mass is 243 g/mol. The summed E-state index contributed by atoms with van der Waals surface area (Å²) in [5.74, 6) is 3.69. The van der Waals surface area contributed by atoms with Crippen molar-refractivity contribution in [2.75, 3.05) is 11.9 Å². The van der Waals surface area contributed by atoms with Gasteiger partial charge >= 0.3 is 0 Å². The highest BCUT2D eigenvalue weighted by atomic mass is 35.5. The average molecular weight is 244 g/mol. The van der Waals surface area contributed by atoms with E-state index in [1.807, 2.05) is 30.3 Å². The molecule has 1 aromatic carbocycles. The summed E-state index contributed by atoms with van der Waals surface area (Å²) in [7, 11) is 0. The van der Waals surface area contributed by atoms with Crippen LogP contribution in [-0.4, -0.2) is 16.5 Å². The number of halogens is 1. The minimum Gasteiger partial charge on any atom is -0.359 e. The fraction of sp³-hybridized carbons (Fsp3) is 0.0769. The molecule has 0 aliphatic carbocycles. The van der Waals surface area contributed by atoms with E-state index in [0.29, 0.717) is 23.3 Å². The molecule has 2 rings (SSSR count). The van der Waals surface area contributed by atoms with Crippen LogP contribution in [0.1, 0.15) is 0 Å². The van der Waals surface area contributed by atoms with E-state index in [1.165, 1.54) is 0 Å². The topological polar surface area (TPSA) is 37.8 Å². The van der Waals surface area contributed by atoms with Crippen molar-refractivity contribution in [3.05, 3.63) is 41.6 Å². The Kier molecular flexibility index (Phi) is 3.59. The number of hydrogen-bond donors (Lipinski definition) is 1. The maximum atomic E-state index is 5.94. The molecule has 4 heteroatoms. The predicted octanol–water partition coefficient (Wildman–Crippen LogP) is 2.84. The zero-order chi connectivity index (χ0) is 12.1. The molecule has 0 saturated heterocycles. The number of anilines is 1. The number of aromatic nitrogens is 2. The standard InChI is InChI=1S/C13H10ClN3/c1-2-8-15-12-9-11(14)16-13(17-12)10-6-4-3-5-7-10/h1,3-7,9H,8H2,(H,15,16,17). The van der Waals surface area contributed by atoms with Gasteiger partial charge in [-0.15, -0.1) is 6.42 Å². The number of terminal acetylenes is 1. The van der Waals surface area contributed by atoms with Crippen LogP contribution in [0.25, 0.3) is 11.4 Å². The molecule has 0 fully saturated rings. The highest BCUT2D eigenvalue weighted by Gasteiger charge is 2.04. The second-order valence-electron chi connectivity index (χ2n) is 3.32. The summed E-state index contributed by atoms with van der Waals surface area (Å²) < 4.78 is 0. The maximum Gasteiger partial charge on any atom is 0.163 e. The molecule has 0 aliphatic rings. The van der Waals surface area contributed by atoms with E-state index in [2.05, 4.69) is 21.2 Å². The molecule has 84 valence electrons. The molecule has 1 aromatic heterocycles. The van der Waals surface area contributed by atoms with Crippen LogP contribution in [0.2, 0.25) is 5.15 Å². The van der Waals surface area contributed by atoms with Gasteiger partial charge in [-0.3, -0.25) is 0 Å². The third-order valence-electron chi connectivity index (χ3n) is 2.10. The van der Waals surface area contributed by atoms with Crippen molar-refractivity contribution in [2.45, 2.75) is 0 Å². The van der Waals surface area contributed by atoms with Crippen molar-refractivity contribution in [3.63, 3.8) is 0 Å². The number of hydrogen-bond acceptors (Lipinski definition) is 3. The van der Waals surface area contributed by atoms with Crippen LogP contribution in [0.5, 0.6) is 0 Å². The largest absolute Gasteiger partial charge is 0.359 e. The normalized spacial score (nSPS) is 9.65. The van der Waals surface area contributed by atoms with Gasteiger partial charge in [0.2, 0.25) is 0 Å². The molecule has 17 heavy (non-hydrogen) atoms. The van der Waals surface area contributed by atoms with E-state index < -0.39 is 0 Å². The molecule has 1 heterocycles. The molecule has 0 amide bonds. The van der Waals surface area contributed by atoms with Crippen LogP contribution < -0.4 is 5.32 Å². The number of rotatable bonds is 3. The van der Waals surface area contributed by atoms with E-state index in [-0.39, 0.29) is 0 Å². The number of nitrogens with zero attached hydrogens (tertiary/aromatic N) is 2. The third-order valence-corrected chi connectivity index (χ3v) is 2.29. The second kappa shape index (κ2) is 5.33. The summed E-state index contributed by atoms with van der Waals surface area (Å²) in [6, 6.07) is 11.3. The zero-order valence-electron chi connectivity index (χ0n) is 9.02. The highest BCUT2D eigenvalue weighted by molar-refractivity contribution is 6.29. The first-order valence-corrected chi connectivity index (χ1v) is 5.45. The Morgan fingerprint density at radius 1 is 1.24 bits per heavy atom. The van der Waals surface area contributed by atoms with Gasteiger partial charge in [-0.05, 0) is 0 Å². The minimum absolute atomic E-state index is 0.387. The smallest absolute Gasteiger partial charge is 0.163 e. The maximum absolute atomic E-state index is 5.94. The summed E-state index contributed by atoms with van der Waals surface area (Å²) in [6.45, 7) is 0.404. The molecule has 3 nitrogen and oxygen atoms in total. The van der Waals surface area contributed by atoms with Crippen LogP contribution in [0.3, 0.4) is 0 Å². The Labute approximate surface area is 105 Å². The van der Waals surface area contributed by atoms with Gasteiger partial charge in [0, 0.05) is 11.6 Å². The van der Waals surface area contributed by atoms with Gasteiger partial charge in [0.25, 0.3) is 0 Å². The minimum atomic E-state index is 0.387. The van der Waals surface area contributed by atoms with E-state index in [1.54, 1.807) is 6.07 Å². The molecule has 0 atom stereocenters. The number of nitrogens with one attached hydrogen (secondary N) is 1. The molecule has 0 saturated carbocycles. The van der Waals surface area contributed by atoms with Gasteiger partial charge in [-0.25, -0.2) is 9.97 Å². The van der Waals surface area contributed by atoms with Gasteiger partial charge in [-0.2, -0.15) is 0 Å². The lowest BCUT2D eigenvalue weighted by Gasteiger charge is -2.05. The van der Waals surface area contributed by atoms with E-state index in [0.717, 1.165) is 5.56 Å². The zero-order valence-corrected chi connectivity index (χ0v) is 9.78. The molecular weight excluding hydrogens is 234 g/mol. The Morgan fingerprint density at radius 3 is 2.71 bits per heavy atom. The Hall–Kier alpha value is -2.05. The van der Waals surface area contributed by atoms with Crippen molar-refractivity contribution in [3.8, 4) is 23.7 Å². The molecule has 1 N–H and O–H groups in total. The van der Waals surface area contributed by atoms with Crippen LogP contribution in [0.4, 0.5) is 5.82 Å². The first kappa shape index (κ1) is 11.4.